The molecule has 2 aromatic carbocycles. The van der Waals surface area contributed by atoms with Crippen LogP contribution in [0.3, 0.4) is 0 Å². The number of sulfonamides is 1. The highest BCUT2D eigenvalue weighted by molar-refractivity contribution is 7.89. The topological polar surface area (TPSA) is 125 Å². The van der Waals surface area contributed by atoms with Crippen molar-refractivity contribution in [2.75, 3.05) is 5.32 Å². The first-order valence-corrected chi connectivity index (χ1v) is 10.1. The van der Waals surface area contributed by atoms with Crippen LogP contribution in [0.25, 0.3) is 0 Å². The molecule has 0 aliphatic heterocycles. The highest BCUT2D eigenvalue weighted by Gasteiger charge is 2.13. The molecule has 0 unspecified atom stereocenters. The number of anilines is 1. The first kappa shape index (κ1) is 21.2. The molecule has 0 aromatic heterocycles. The Balaban J connectivity index is 2.04. The Labute approximate surface area is 164 Å². The summed E-state index contributed by atoms with van der Waals surface area (Å²) in [7, 11) is -3.74. The molecular formula is C20H22N4O3S. The maximum Gasteiger partial charge on any atom is 0.267 e. The van der Waals surface area contributed by atoms with Crippen LogP contribution in [-0.4, -0.2) is 14.3 Å². The van der Waals surface area contributed by atoms with E-state index < -0.39 is 15.9 Å². The van der Waals surface area contributed by atoms with Gasteiger partial charge in [-0.1, -0.05) is 44.2 Å². The van der Waals surface area contributed by atoms with Crippen molar-refractivity contribution in [1.29, 1.82) is 5.26 Å². The third-order valence-corrected chi connectivity index (χ3v) is 4.93. The Morgan fingerprint density at radius 3 is 2.39 bits per heavy atom. The Morgan fingerprint density at radius 2 is 1.82 bits per heavy atom. The van der Waals surface area contributed by atoms with Crippen LogP contribution >= 0.6 is 0 Å². The van der Waals surface area contributed by atoms with Crippen LogP contribution in [0.2, 0.25) is 0 Å². The maximum atomic E-state index is 12.4. The molecule has 0 radical (unpaired) electrons. The van der Waals surface area contributed by atoms with Gasteiger partial charge in [0, 0.05) is 18.4 Å². The molecule has 0 saturated heterocycles. The van der Waals surface area contributed by atoms with E-state index >= 15 is 0 Å². The summed E-state index contributed by atoms with van der Waals surface area (Å²) in [6.07, 6.45) is 1.33. The van der Waals surface area contributed by atoms with Crippen molar-refractivity contribution in [3.63, 3.8) is 0 Å². The van der Waals surface area contributed by atoms with E-state index in [1.807, 2.05) is 38.1 Å². The molecule has 0 fully saturated rings. The number of benzene rings is 2. The predicted octanol–water partition coefficient (Wildman–Crippen LogP) is 2.59. The first-order chi connectivity index (χ1) is 13.2. The summed E-state index contributed by atoms with van der Waals surface area (Å²) >= 11 is 0. The molecule has 2 rings (SSSR count). The van der Waals surface area contributed by atoms with Crippen LogP contribution in [0, 0.1) is 11.3 Å². The quantitative estimate of drug-likeness (QED) is 0.488. The molecule has 4 N–H and O–H groups in total. The number of amides is 1. The molecule has 8 heteroatoms. The molecule has 0 atom stereocenters. The summed E-state index contributed by atoms with van der Waals surface area (Å²) in [5.74, 6) is -0.280. The number of nitrogens with two attached hydrogens (primary N) is 1. The Bertz CT molecular complexity index is 1020. The van der Waals surface area contributed by atoms with Crippen LogP contribution in [0.1, 0.15) is 30.9 Å². The van der Waals surface area contributed by atoms with Crippen LogP contribution in [0.5, 0.6) is 0 Å². The van der Waals surface area contributed by atoms with E-state index in [9.17, 15) is 18.5 Å². The summed E-state index contributed by atoms with van der Waals surface area (Å²) in [5.41, 5.74) is 2.35. The largest absolute Gasteiger partial charge is 0.386 e. The van der Waals surface area contributed by atoms with Gasteiger partial charge in [0.1, 0.15) is 11.6 Å². The molecule has 0 aliphatic carbocycles. The van der Waals surface area contributed by atoms with Gasteiger partial charge >= 0.3 is 0 Å². The SMILES string of the molecule is CC(C)c1ccccc1NC(=O)/C(C#N)=C\NCc1ccc(S(N)(=O)=O)cc1. The lowest BCUT2D eigenvalue weighted by atomic mass is 10.0. The smallest absolute Gasteiger partial charge is 0.267 e. The number of nitriles is 1. The Hall–Kier alpha value is -3.15. The van der Waals surface area contributed by atoms with Crippen molar-refractivity contribution in [2.24, 2.45) is 5.14 Å². The average molecular weight is 398 g/mol. The zero-order chi connectivity index (χ0) is 20.7. The van der Waals surface area contributed by atoms with Crippen molar-refractivity contribution in [1.82, 2.24) is 5.32 Å². The van der Waals surface area contributed by atoms with E-state index in [-0.39, 0.29) is 16.4 Å². The minimum absolute atomic E-state index is 0.0210. The number of primary sulfonamides is 1. The molecule has 0 bridgehead atoms. The van der Waals surface area contributed by atoms with Gasteiger partial charge in [0.2, 0.25) is 10.0 Å². The van der Waals surface area contributed by atoms with Gasteiger partial charge in [0.05, 0.1) is 4.90 Å². The lowest BCUT2D eigenvalue weighted by molar-refractivity contribution is -0.112. The summed E-state index contributed by atoms with van der Waals surface area (Å²) < 4.78 is 22.5. The molecule has 28 heavy (non-hydrogen) atoms. The number of rotatable bonds is 7. The molecular weight excluding hydrogens is 376 g/mol. The van der Waals surface area contributed by atoms with E-state index in [2.05, 4.69) is 10.6 Å². The van der Waals surface area contributed by atoms with Gasteiger partial charge in [-0.3, -0.25) is 4.79 Å². The van der Waals surface area contributed by atoms with Gasteiger partial charge in [-0.25, -0.2) is 13.6 Å². The van der Waals surface area contributed by atoms with E-state index in [0.29, 0.717) is 12.2 Å². The zero-order valence-corrected chi connectivity index (χ0v) is 16.5. The minimum atomic E-state index is -3.74. The van der Waals surface area contributed by atoms with Crippen molar-refractivity contribution >= 4 is 21.6 Å². The maximum absolute atomic E-state index is 12.4. The van der Waals surface area contributed by atoms with Crippen molar-refractivity contribution < 1.29 is 13.2 Å². The molecule has 0 aliphatic rings. The molecule has 1 amide bonds. The van der Waals surface area contributed by atoms with Crippen LogP contribution in [-0.2, 0) is 21.4 Å². The number of hydrogen-bond donors (Lipinski definition) is 3. The highest BCUT2D eigenvalue weighted by Crippen LogP contribution is 2.24. The normalized spacial score (nSPS) is 11.8. The van der Waals surface area contributed by atoms with Gasteiger partial charge in [-0.15, -0.1) is 0 Å². The van der Waals surface area contributed by atoms with Crippen LogP contribution in [0.4, 0.5) is 5.69 Å². The lowest BCUT2D eigenvalue weighted by Gasteiger charge is -2.13. The van der Waals surface area contributed by atoms with Crippen molar-refractivity contribution in [2.45, 2.75) is 31.2 Å². The Morgan fingerprint density at radius 1 is 1.18 bits per heavy atom. The number of nitrogens with zero attached hydrogens (tertiary/aromatic N) is 1. The number of carbonyl (C=O) groups excluding carboxylic acids is 1. The molecule has 146 valence electrons. The lowest BCUT2D eigenvalue weighted by Crippen LogP contribution is -2.17. The summed E-state index contributed by atoms with van der Waals surface area (Å²) in [5, 5.41) is 20.0. The molecule has 0 spiro atoms. The monoisotopic (exact) mass is 398 g/mol. The third-order valence-electron chi connectivity index (χ3n) is 4.00. The standard InChI is InChI=1S/C20H22N4O3S/c1-14(2)18-5-3-4-6-19(18)24-20(25)16(11-21)13-23-12-15-7-9-17(10-8-15)28(22,26)27/h3-10,13-14,23H,12H2,1-2H3,(H,24,25)(H2,22,26,27)/b16-13-. The van der Waals surface area contributed by atoms with Crippen molar-refractivity contribution in [3.8, 4) is 6.07 Å². The van der Waals surface area contributed by atoms with Crippen LogP contribution in [0.15, 0.2) is 65.2 Å². The molecule has 2 aromatic rings. The number of carbonyl (C=O) groups is 1. The van der Waals surface area contributed by atoms with E-state index in [0.717, 1.165) is 11.1 Å². The molecule has 0 heterocycles. The predicted molar refractivity (Wildman–Crippen MR) is 108 cm³/mol. The fraction of sp³-hybridized carbons (Fsp3) is 0.200. The average Bonchev–Trinajstić information content (AvgIpc) is 2.65. The van der Waals surface area contributed by atoms with Gasteiger partial charge in [0.15, 0.2) is 0 Å². The summed E-state index contributed by atoms with van der Waals surface area (Å²) in [6.45, 7) is 4.36. The zero-order valence-electron chi connectivity index (χ0n) is 15.6. The second-order valence-electron chi connectivity index (χ2n) is 6.44. The number of nitrogens with one attached hydrogen (secondary N) is 2. The third kappa shape index (κ3) is 5.67. The summed E-state index contributed by atoms with van der Waals surface area (Å²) in [6, 6.07) is 15.3. The van der Waals surface area contributed by atoms with Crippen LogP contribution < -0.4 is 15.8 Å². The van der Waals surface area contributed by atoms with Gasteiger partial charge in [0.25, 0.3) is 5.91 Å². The van der Waals surface area contributed by atoms with E-state index in [4.69, 9.17) is 5.14 Å². The van der Waals surface area contributed by atoms with Crippen molar-refractivity contribution in [3.05, 3.63) is 71.4 Å². The minimum Gasteiger partial charge on any atom is -0.386 e. The van der Waals surface area contributed by atoms with E-state index in [1.165, 1.54) is 18.3 Å². The first-order valence-electron chi connectivity index (χ1n) is 8.58. The molecule has 0 saturated carbocycles. The number of hydrogen-bond acceptors (Lipinski definition) is 5. The van der Waals surface area contributed by atoms with Gasteiger partial charge < -0.3 is 10.6 Å². The molecule has 7 nitrogen and oxygen atoms in total. The Kier molecular flexibility index (Phi) is 6.93. The van der Waals surface area contributed by atoms with E-state index in [1.54, 1.807) is 18.2 Å². The number of para-hydroxylation sites is 1. The fourth-order valence-electron chi connectivity index (χ4n) is 2.52. The fourth-order valence-corrected chi connectivity index (χ4v) is 3.04. The van der Waals surface area contributed by atoms with Gasteiger partial charge in [-0.2, -0.15) is 5.26 Å². The summed E-state index contributed by atoms with van der Waals surface area (Å²) in [4.78, 5) is 12.4. The van der Waals surface area contributed by atoms with Gasteiger partial charge in [-0.05, 0) is 35.2 Å². The second-order valence-corrected chi connectivity index (χ2v) is 8.00. The highest BCUT2D eigenvalue weighted by atomic mass is 32.2. The second kappa shape index (κ2) is 9.17.